The van der Waals surface area contributed by atoms with Gasteiger partial charge in [-0.1, -0.05) is 13.3 Å². The highest BCUT2D eigenvalue weighted by Crippen LogP contribution is 2.14. The van der Waals surface area contributed by atoms with Gasteiger partial charge in [0.2, 0.25) is 0 Å². The molecule has 15 heavy (non-hydrogen) atoms. The van der Waals surface area contributed by atoms with Crippen LogP contribution < -0.4 is 0 Å². The van der Waals surface area contributed by atoms with E-state index in [1.165, 1.54) is 0 Å². The Morgan fingerprint density at radius 3 is 2.67 bits per heavy atom. The zero-order valence-electron chi connectivity index (χ0n) is 9.58. The third kappa shape index (κ3) is 2.81. The molecule has 0 aliphatic heterocycles. The van der Waals surface area contributed by atoms with Crippen molar-refractivity contribution < 1.29 is 9.90 Å². The zero-order valence-corrected chi connectivity index (χ0v) is 9.58. The second-order valence-corrected chi connectivity index (χ2v) is 3.80. The van der Waals surface area contributed by atoms with Gasteiger partial charge in [0.15, 0.2) is 0 Å². The van der Waals surface area contributed by atoms with E-state index in [-0.39, 0.29) is 6.42 Å². The molecule has 0 unspecified atom stereocenters. The molecular formula is C11H18N2O2. The predicted molar refractivity (Wildman–Crippen MR) is 57.9 cm³/mol. The molecule has 0 amide bonds. The maximum atomic E-state index is 10.7. The molecule has 0 bridgehead atoms. The lowest BCUT2D eigenvalue weighted by atomic mass is 10.1. The molecule has 1 heterocycles. The van der Waals surface area contributed by atoms with Gasteiger partial charge in [-0.05, 0) is 20.3 Å². The van der Waals surface area contributed by atoms with Crippen LogP contribution in [0.25, 0.3) is 0 Å². The van der Waals surface area contributed by atoms with Crippen LogP contribution in [0.2, 0.25) is 0 Å². The van der Waals surface area contributed by atoms with Crippen molar-refractivity contribution in [1.82, 2.24) is 9.78 Å². The van der Waals surface area contributed by atoms with Gasteiger partial charge >= 0.3 is 5.97 Å². The number of aryl methyl sites for hydroxylation is 2. The number of carboxylic acids is 1. The first-order valence-electron chi connectivity index (χ1n) is 5.31. The molecule has 0 saturated heterocycles. The molecule has 0 radical (unpaired) electrons. The molecule has 0 aliphatic rings. The largest absolute Gasteiger partial charge is 0.481 e. The van der Waals surface area contributed by atoms with Crippen molar-refractivity contribution in [3.8, 4) is 0 Å². The van der Waals surface area contributed by atoms with E-state index in [2.05, 4.69) is 12.0 Å². The summed E-state index contributed by atoms with van der Waals surface area (Å²) < 4.78 is 1.91. The fourth-order valence-electron chi connectivity index (χ4n) is 1.67. The highest BCUT2D eigenvalue weighted by molar-refractivity contribution is 5.70. The van der Waals surface area contributed by atoms with Crippen LogP contribution >= 0.6 is 0 Å². The van der Waals surface area contributed by atoms with E-state index in [0.717, 1.165) is 36.3 Å². The Morgan fingerprint density at radius 2 is 2.13 bits per heavy atom. The average molecular weight is 210 g/mol. The van der Waals surface area contributed by atoms with E-state index in [4.69, 9.17) is 5.11 Å². The lowest BCUT2D eigenvalue weighted by Crippen LogP contribution is -2.05. The van der Waals surface area contributed by atoms with Crippen molar-refractivity contribution in [2.45, 2.75) is 46.6 Å². The minimum Gasteiger partial charge on any atom is -0.481 e. The molecule has 0 spiro atoms. The number of hydrogen-bond acceptors (Lipinski definition) is 2. The summed E-state index contributed by atoms with van der Waals surface area (Å²) in [5.41, 5.74) is 2.69. The molecule has 4 heteroatoms. The first-order valence-corrected chi connectivity index (χ1v) is 5.31. The molecular weight excluding hydrogens is 192 g/mol. The Bertz CT molecular complexity index is 356. The van der Waals surface area contributed by atoms with Crippen LogP contribution in [0.15, 0.2) is 0 Å². The summed E-state index contributed by atoms with van der Waals surface area (Å²) in [6.45, 7) is 6.81. The van der Waals surface area contributed by atoms with Gasteiger partial charge < -0.3 is 5.11 Å². The Morgan fingerprint density at radius 1 is 1.47 bits per heavy atom. The SMILES string of the molecule is CCCCn1nc(C)c(CC(=O)O)c1C. The quantitative estimate of drug-likeness (QED) is 0.807. The smallest absolute Gasteiger partial charge is 0.307 e. The summed E-state index contributed by atoms with van der Waals surface area (Å²) in [5, 5.41) is 13.1. The van der Waals surface area contributed by atoms with E-state index in [1.54, 1.807) is 0 Å². The van der Waals surface area contributed by atoms with Crippen molar-refractivity contribution in [1.29, 1.82) is 0 Å². The molecule has 1 rings (SSSR count). The van der Waals surface area contributed by atoms with E-state index in [0.29, 0.717) is 0 Å². The number of unbranched alkanes of at least 4 members (excludes halogenated alkanes) is 1. The molecule has 0 aliphatic carbocycles. The number of aromatic nitrogens is 2. The lowest BCUT2D eigenvalue weighted by molar-refractivity contribution is -0.136. The number of carboxylic acid groups (broad SMARTS) is 1. The number of aliphatic carboxylic acids is 1. The van der Waals surface area contributed by atoms with Crippen LogP contribution in [-0.2, 0) is 17.8 Å². The standard InChI is InChI=1S/C11H18N2O2/c1-4-5-6-13-9(3)10(7-11(14)15)8(2)12-13/h4-7H2,1-3H3,(H,14,15). The molecule has 4 nitrogen and oxygen atoms in total. The molecule has 0 fully saturated rings. The van der Waals surface area contributed by atoms with Crippen molar-refractivity contribution in [2.24, 2.45) is 0 Å². The van der Waals surface area contributed by atoms with E-state index in [9.17, 15) is 4.79 Å². The Hall–Kier alpha value is -1.32. The first kappa shape index (κ1) is 11.8. The second-order valence-electron chi connectivity index (χ2n) is 3.80. The minimum absolute atomic E-state index is 0.0732. The highest BCUT2D eigenvalue weighted by Gasteiger charge is 2.13. The molecule has 0 saturated carbocycles. The Labute approximate surface area is 89.9 Å². The summed E-state index contributed by atoms with van der Waals surface area (Å²) in [7, 11) is 0. The average Bonchev–Trinajstić information content (AvgIpc) is 2.42. The van der Waals surface area contributed by atoms with Crippen molar-refractivity contribution in [3.05, 3.63) is 17.0 Å². The summed E-state index contributed by atoms with van der Waals surface area (Å²) in [6.07, 6.45) is 2.27. The number of carbonyl (C=O) groups is 1. The van der Waals surface area contributed by atoms with Crippen molar-refractivity contribution >= 4 is 5.97 Å². The van der Waals surface area contributed by atoms with Crippen LogP contribution in [0.3, 0.4) is 0 Å². The third-order valence-electron chi connectivity index (χ3n) is 2.58. The van der Waals surface area contributed by atoms with Crippen molar-refractivity contribution in [2.75, 3.05) is 0 Å². The third-order valence-corrected chi connectivity index (χ3v) is 2.58. The van der Waals surface area contributed by atoms with Gasteiger partial charge in [0.05, 0.1) is 12.1 Å². The monoisotopic (exact) mass is 210 g/mol. The normalized spacial score (nSPS) is 10.6. The molecule has 84 valence electrons. The first-order chi connectivity index (χ1) is 7.06. The predicted octanol–water partition coefficient (Wildman–Crippen LogP) is 1.93. The van der Waals surface area contributed by atoms with Gasteiger partial charge in [-0.25, -0.2) is 0 Å². The molecule has 1 N–H and O–H groups in total. The number of rotatable bonds is 5. The molecule has 1 aromatic rings. The molecule has 0 atom stereocenters. The van der Waals surface area contributed by atoms with Crippen LogP contribution in [0, 0.1) is 13.8 Å². The Kier molecular flexibility index (Phi) is 3.88. The summed E-state index contributed by atoms with van der Waals surface area (Å²) >= 11 is 0. The second kappa shape index (κ2) is 4.96. The van der Waals surface area contributed by atoms with Gasteiger partial charge in [0.1, 0.15) is 0 Å². The van der Waals surface area contributed by atoms with Crippen molar-refractivity contribution in [3.63, 3.8) is 0 Å². The number of nitrogens with zero attached hydrogens (tertiary/aromatic N) is 2. The van der Waals surface area contributed by atoms with Crippen LogP contribution in [0.4, 0.5) is 0 Å². The van der Waals surface area contributed by atoms with Crippen LogP contribution in [0.5, 0.6) is 0 Å². The van der Waals surface area contributed by atoms with E-state index < -0.39 is 5.97 Å². The van der Waals surface area contributed by atoms with Crippen LogP contribution in [-0.4, -0.2) is 20.9 Å². The van der Waals surface area contributed by atoms with Gasteiger partial charge in [0.25, 0.3) is 0 Å². The lowest BCUT2D eigenvalue weighted by Gasteiger charge is -2.03. The zero-order chi connectivity index (χ0) is 11.4. The highest BCUT2D eigenvalue weighted by atomic mass is 16.4. The van der Waals surface area contributed by atoms with Crippen LogP contribution in [0.1, 0.15) is 36.7 Å². The van der Waals surface area contributed by atoms with Gasteiger partial charge in [-0.2, -0.15) is 5.10 Å². The Balaban J connectivity index is 2.87. The number of hydrogen-bond donors (Lipinski definition) is 1. The molecule has 0 aromatic carbocycles. The topological polar surface area (TPSA) is 55.1 Å². The summed E-state index contributed by atoms with van der Waals surface area (Å²) in [4.78, 5) is 10.7. The molecule has 1 aromatic heterocycles. The van der Waals surface area contributed by atoms with E-state index in [1.807, 2.05) is 18.5 Å². The van der Waals surface area contributed by atoms with E-state index >= 15 is 0 Å². The summed E-state index contributed by atoms with van der Waals surface area (Å²) in [6, 6.07) is 0. The van der Waals surface area contributed by atoms with Gasteiger partial charge in [0, 0.05) is 17.8 Å². The minimum atomic E-state index is -0.795. The fourth-order valence-corrected chi connectivity index (χ4v) is 1.67. The van der Waals surface area contributed by atoms with Gasteiger partial charge in [-0.3, -0.25) is 9.48 Å². The maximum absolute atomic E-state index is 10.7. The maximum Gasteiger partial charge on any atom is 0.307 e. The van der Waals surface area contributed by atoms with Gasteiger partial charge in [-0.15, -0.1) is 0 Å². The fraction of sp³-hybridized carbons (Fsp3) is 0.636. The summed E-state index contributed by atoms with van der Waals surface area (Å²) in [5.74, 6) is -0.795.